The number of amides is 1. The lowest BCUT2D eigenvalue weighted by molar-refractivity contribution is -0.140. The van der Waals surface area contributed by atoms with Crippen LogP contribution in [0.15, 0.2) is 24.8 Å². The van der Waals surface area contributed by atoms with E-state index in [0.29, 0.717) is 6.42 Å². The molecule has 5 rings (SSSR count). The summed E-state index contributed by atoms with van der Waals surface area (Å²) in [5.41, 5.74) is 9.56. The van der Waals surface area contributed by atoms with Crippen LogP contribution in [0.2, 0.25) is 0 Å². The van der Waals surface area contributed by atoms with Crippen LogP contribution in [-0.2, 0) is 17.5 Å². The molecule has 1 saturated heterocycles. The summed E-state index contributed by atoms with van der Waals surface area (Å²) in [7, 11) is 0. The van der Waals surface area contributed by atoms with Gasteiger partial charge in [-0.15, -0.1) is 0 Å². The minimum Gasteiger partial charge on any atom is -0.396 e. The number of anilines is 2. The highest BCUT2D eigenvalue weighted by molar-refractivity contribution is 5.88. The molecule has 2 aromatic heterocycles. The lowest BCUT2D eigenvalue weighted by Crippen LogP contribution is -2.56. The van der Waals surface area contributed by atoms with E-state index < -0.39 is 35.5 Å². The second-order valence-electron chi connectivity index (χ2n) is 9.31. The van der Waals surface area contributed by atoms with Gasteiger partial charge < -0.3 is 31.4 Å². The SMILES string of the molecule is Nc1ncnc2c1ncn2Cc1c(N2CC[C@](N)(C(=O)N[C@@H]3C[C@H]3CO)C2)ccc(F)c1C(F)(F)F. The highest BCUT2D eigenvalue weighted by Crippen LogP contribution is 2.41. The second kappa shape index (κ2) is 8.55. The Morgan fingerprint density at radius 2 is 2.06 bits per heavy atom. The molecule has 3 atom stereocenters. The fourth-order valence-corrected chi connectivity index (χ4v) is 4.72. The molecule has 14 heteroatoms. The molecular weight excluding hydrogens is 484 g/mol. The van der Waals surface area contributed by atoms with Crippen molar-refractivity contribution in [3.8, 4) is 0 Å². The number of hydrogen-bond acceptors (Lipinski definition) is 8. The number of aliphatic hydroxyl groups is 1. The van der Waals surface area contributed by atoms with E-state index in [-0.39, 0.29) is 66.3 Å². The molecule has 10 nitrogen and oxygen atoms in total. The van der Waals surface area contributed by atoms with Crippen LogP contribution in [-0.4, -0.2) is 61.8 Å². The van der Waals surface area contributed by atoms with Gasteiger partial charge in [-0.05, 0) is 25.0 Å². The van der Waals surface area contributed by atoms with E-state index >= 15 is 0 Å². The van der Waals surface area contributed by atoms with E-state index in [1.807, 2.05) is 0 Å². The third-order valence-corrected chi connectivity index (χ3v) is 6.85. The van der Waals surface area contributed by atoms with E-state index in [2.05, 4.69) is 20.3 Å². The van der Waals surface area contributed by atoms with Gasteiger partial charge in [-0.25, -0.2) is 19.3 Å². The third kappa shape index (κ3) is 4.19. The van der Waals surface area contributed by atoms with Crippen LogP contribution in [0.4, 0.5) is 29.1 Å². The maximum Gasteiger partial charge on any atom is 0.419 e. The first-order valence-electron chi connectivity index (χ1n) is 11.3. The zero-order chi connectivity index (χ0) is 25.8. The predicted molar refractivity (Wildman–Crippen MR) is 121 cm³/mol. The van der Waals surface area contributed by atoms with E-state index in [0.717, 1.165) is 12.4 Å². The van der Waals surface area contributed by atoms with Crippen LogP contribution in [0.1, 0.15) is 24.0 Å². The topological polar surface area (TPSA) is 148 Å². The van der Waals surface area contributed by atoms with Crippen LogP contribution in [0.5, 0.6) is 0 Å². The van der Waals surface area contributed by atoms with Crippen molar-refractivity contribution in [2.75, 3.05) is 30.3 Å². The molecule has 2 fully saturated rings. The normalized spacial score (nSPS) is 23.9. The lowest BCUT2D eigenvalue weighted by atomic mass is 9.98. The first kappa shape index (κ1) is 24.2. The fourth-order valence-electron chi connectivity index (χ4n) is 4.72. The number of rotatable bonds is 6. The standard InChI is InChI=1S/C22H24F4N8O2/c23-13-1-2-15(33-4-3-21(28,8-33)20(36)32-14-5-11(14)7-35)12(16(13)22(24,25)26)6-34-10-31-17-18(27)29-9-30-19(17)34/h1-2,9-11,14,35H,3-8,28H2,(H,32,36)(H2,27,29,30)/t11-,14+,21+/m0/s1. The van der Waals surface area contributed by atoms with Crippen LogP contribution < -0.4 is 21.7 Å². The van der Waals surface area contributed by atoms with Crippen molar-refractivity contribution in [2.24, 2.45) is 11.7 Å². The molecule has 1 saturated carbocycles. The van der Waals surface area contributed by atoms with E-state index in [9.17, 15) is 27.5 Å². The Bertz CT molecular complexity index is 1330. The molecular formula is C22H24F4N8O2. The van der Waals surface area contributed by atoms with Gasteiger partial charge in [-0.2, -0.15) is 13.2 Å². The molecule has 3 heterocycles. The molecule has 1 aliphatic heterocycles. The van der Waals surface area contributed by atoms with E-state index in [1.165, 1.54) is 17.0 Å². The van der Waals surface area contributed by atoms with Gasteiger partial charge in [0.25, 0.3) is 0 Å². The van der Waals surface area contributed by atoms with Crippen molar-refractivity contribution in [3.05, 3.63) is 41.7 Å². The number of alkyl halides is 3. The van der Waals surface area contributed by atoms with Crippen LogP contribution in [0.3, 0.4) is 0 Å². The van der Waals surface area contributed by atoms with Crippen molar-refractivity contribution in [1.29, 1.82) is 0 Å². The van der Waals surface area contributed by atoms with Crippen molar-refractivity contribution >= 4 is 28.6 Å². The van der Waals surface area contributed by atoms with Gasteiger partial charge in [0, 0.05) is 42.9 Å². The molecule has 1 aromatic carbocycles. The van der Waals surface area contributed by atoms with Gasteiger partial charge in [-0.3, -0.25) is 4.79 Å². The zero-order valence-corrected chi connectivity index (χ0v) is 19.0. The monoisotopic (exact) mass is 508 g/mol. The number of benzene rings is 1. The molecule has 6 N–H and O–H groups in total. The molecule has 0 radical (unpaired) electrons. The summed E-state index contributed by atoms with van der Waals surface area (Å²) in [5.74, 6) is -1.80. The van der Waals surface area contributed by atoms with Crippen LogP contribution >= 0.6 is 0 Å². The number of nitrogens with two attached hydrogens (primary N) is 2. The number of carbonyl (C=O) groups is 1. The molecule has 0 unspecified atom stereocenters. The number of carbonyl (C=O) groups excluding carboxylic acids is 1. The number of nitrogens with zero attached hydrogens (tertiary/aromatic N) is 5. The number of aromatic nitrogens is 4. The second-order valence-corrected chi connectivity index (χ2v) is 9.31. The smallest absolute Gasteiger partial charge is 0.396 e. The fraction of sp³-hybridized carbons (Fsp3) is 0.455. The van der Waals surface area contributed by atoms with E-state index in [4.69, 9.17) is 11.5 Å². The summed E-state index contributed by atoms with van der Waals surface area (Å²) in [6, 6.07) is 1.86. The highest BCUT2D eigenvalue weighted by atomic mass is 19.4. The number of aliphatic hydroxyl groups excluding tert-OH is 1. The molecule has 0 spiro atoms. The molecule has 2 aliphatic rings. The molecule has 0 bridgehead atoms. The summed E-state index contributed by atoms with van der Waals surface area (Å²) in [5, 5.41) is 12.0. The molecule has 36 heavy (non-hydrogen) atoms. The highest BCUT2D eigenvalue weighted by Gasteiger charge is 2.47. The largest absolute Gasteiger partial charge is 0.419 e. The maximum absolute atomic E-state index is 14.6. The van der Waals surface area contributed by atoms with Gasteiger partial charge in [0.2, 0.25) is 5.91 Å². The third-order valence-electron chi connectivity index (χ3n) is 6.85. The Morgan fingerprint density at radius 3 is 2.75 bits per heavy atom. The molecule has 192 valence electrons. The summed E-state index contributed by atoms with van der Waals surface area (Å²) >= 11 is 0. The van der Waals surface area contributed by atoms with Crippen LogP contribution in [0, 0.1) is 11.7 Å². The summed E-state index contributed by atoms with van der Waals surface area (Å²) in [4.78, 5) is 26.4. The maximum atomic E-state index is 14.6. The number of imidazole rings is 1. The Labute approximate surface area is 202 Å². The number of halogens is 4. The summed E-state index contributed by atoms with van der Waals surface area (Å²) < 4.78 is 58.1. The summed E-state index contributed by atoms with van der Waals surface area (Å²) in [6.07, 6.45) is -1.72. The van der Waals surface area contributed by atoms with Gasteiger partial charge >= 0.3 is 6.18 Å². The van der Waals surface area contributed by atoms with Gasteiger partial charge in [0.15, 0.2) is 11.5 Å². The van der Waals surface area contributed by atoms with Crippen molar-refractivity contribution in [2.45, 2.75) is 37.1 Å². The predicted octanol–water partition coefficient (Wildman–Crippen LogP) is 1.02. The number of nitrogen functional groups attached to an aromatic ring is 1. The minimum absolute atomic E-state index is 0.0176. The average Bonchev–Trinajstić information content (AvgIpc) is 3.23. The molecule has 3 aromatic rings. The first-order valence-corrected chi connectivity index (χ1v) is 11.3. The first-order chi connectivity index (χ1) is 17.0. The minimum atomic E-state index is -4.98. The molecule has 1 aliphatic carbocycles. The Morgan fingerprint density at radius 1 is 1.28 bits per heavy atom. The zero-order valence-electron chi connectivity index (χ0n) is 19.0. The average molecular weight is 508 g/mol. The Balaban J connectivity index is 1.50. The van der Waals surface area contributed by atoms with Crippen molar-refractivity contribution in [3.63, 3.8) is 0 Å². The van der Waals surface area contributed by atoms with E-state index in [1.54, 1.807) is 4.90 Å². The summed E-state index contributed by atoms with van der Waals surface area (Å²) in [6.45, 7) is -0.332. The number of hydrogen-bond donors (Lipinski definition) is 4. The van der Waals surface area contributed by atoms with Crippen LogP contribution in [0.25, 0.3) is 11.2 Å². The number of fused-ring (bicyclic) bond motifs is 1. The Hall–Kier alpha value is -3.52. The van der Waals surface area contributed by atoms with Crippen molar-refractivity contribution in [1.82, 2.24) is 24.8 Å². The lowest BCUT2D eigenvalue weighted by Gasteiger charge is -2.28. The quantitative estimate of drug-likeness (QED) is 0.361. The van der Waals surface area contributed by atoms with Gasteiger partial charge in [-0.1, -0.05) is 0 Å². The van der Waals surface area contributed by atoms with Crippen molar-refractivity contribution < 1.29 is 27.5 Å². The molecule has 1 amide bonds. The Kier molecular flexibility index (Phi) is 5.75. The van der Waals surface area contributed by atoms with Gasteiger partial charge in [0.1, 0.15) is 23.2 Å². The number of nitrogens with one attached hydrogen (secondary N) is 1. The van der Waals surface area contributed by atoms with Gasteiger partial charge in [0.05, 0.1) is 18.4 Å².